The van der Waals surface area contributed by atoms with Gasteiger partial charge < -0.3 is 10.2 Å². The smallest absolute Gasteiger partial charge is 0.205 e. The summed E-state index contributed by atoms with van der Waals surface area (Å²) in [5.74, 6) is -1.16. The Morgan fingerprint density at radius 3 is 1.17 bits per heavy atom. The van der Waals surface area contributed by atoms with Crippen LogP contribution in [0.4, 0.5) is 0 Å². The van der Waals surface area contributed by atoms with Crippen LogP contribution < -0.4 is 0 Å². The number of Topliss-reactive ketones (excluding diaryl/α,β-unsaturated/α-hetero) is 2. The van der Waals surface area contributed by atoms with Crippen LogP contribution in [0.15, 0.2) is 99.9 Å². The number of carbonyl (C=O) groups excluding carboxylic acids is 2. The molecule has 36 heavy (non-hydrogen) atoms. The van der Waals surface area contributed by atoms with Crippen LogP contribution >= 0.6 is 47.0 Å². The van der Waals surface area contributed by atoms with E-state index in [1.165, 1.54) is 0 Å². The maximum atomic E-state index is 12.9. The van der Waals surface area contributed by atoms with E-state index in [9.17, 15) is 30.3 Å². The molecule has 0 bridgehead atoms. The van der Waals surface area contributed by atoms with Gasteiger partial charge in [0.15, 0.2) is 0 Å². The van der Waals surface area contributed by atoms with Crippen molar-refractivity contribution in [1.82, 2.24) is 0 Å². The molecule has 6 nitrogen and oxygen atoms in total. The van der Waals surface area contributed by atoms with Gasteiger partial charge in [0.25, 0.3) is 0 Å². The van der Waals surface area contributed by atoms with Crippen molar-refractivity contribution in [2.45, 2.75) is 19.6 Å². The fourth-order valence-corrected chi connectivity index (χ4v) is 8.70. The highest BCUT2D eigenvalue weighted by Crippen LogP contribution is 2.67. The number of rotatable bonds is 4. The van der Waals surface area contributed by atoms with Crippen molar-refractivity contribution in [2.24, 2.45) is 0 Å². The van der Waals surface area contributed by atoms with E-state index in [0.29, 0.717) is 39.2 Å². The molecule has 10 heteroatoms. The lowest BCUT2D eigenvalue weighted by atomic mass is 10.1. The lowest BCUT2D eigenvalue weighted by molar-refractivity contribution is 0.103. The second-order valence-corrected chi connectivity index (χ2v) is 12.0. The molecular weight excluding hydrogens is 533 g/mol. The first kappa shape index (κ1) is 24.2. The zero-order valence-corrected chi connectivity index (χ0v) is 21.3. The first-order chi connectivity index (χ1) is 17.4. The van der Waals surface area contributed by atoms with E-state index in [1.807, 2.05) is 12.1 Å². The van der Waals surface area contributed by atoms with Gasteiger partial charge in [0.1, 0.15) is 34.8 Å². The minimum Gasteiger partial charge on any atom is -0.505 e. The molecule has 2 aliphatic heterocycles. The monoisotopic (exact) mass is 544 g/mol. The third-order valence-corrected chi connectivity index (χ3v) is 10.4. The number of phenols is 2. The molecule has 0 spiro atoms. The number of allylic oxidation sites excluding steroid dienone is 2. The van der Waals surface area contributed by atoms with Crippen LogP contribution in [0, 0.1) is 22.7 Å². The number of thioether (sulfide) groups is 4. The molecule has 0 saturated carbocycles. The minimum atomic E-state index is -0.445. The SMILES string of the molecule is N#CC(C(=O)c1ccccc1)=C1Sc2c(O)c3c(c(O)c2S1)SC(=C(C#N)C(=O)c1ccccc1)S3. The Balaban J connectivity index is 1.52. The number of phenolic OH excluding ortho intramolecular Hbond substituents is 2. The molecule has 174 valence electrons. The summed E-state index contributed by atoms with van der Waals surface area (Å²) in [4.78, 5) is 27.1. The molecule has 3 aromatic rings. The Kier molecular flexibility index (Phi) is 6.61. The number of aromatic hydroxyl groups is 2. The van der Waals surface area contributed by atoms with Gasteiger partial charge in [-0.2, -0.15) is 10.5 Å². The molecular formula is C26H12N2O4S4. The van der Waals surface area contributed by atoms with Crippen LogP contribution in [-0.4, -0.2) is 21.8 Å². The highest BCUT2D eigenvalue weighted by Gasteiger charge is 2.38. The number of nitrogens with zero attached hydrogens (tertiary/aromatic N) is 2. The summed E-state index contributed by atoms with van der Waals surface area (Å²) in [5, 5.41) is 41.5. The number of carbonyl (C=O) groups is 2. The molecule has 0 aromatic heterocycles. The van der Waals surface area contributed by atoms with Gasteiger partial charge in [0.2, 0.25) is 11.6 Å². The van der Waals surface area contributed by atoms with E-state index in [4.69, 9.17) is 0 Å². The average molecular weight is 545 g/mol. The number of fused-ring (bicyclic) bond motifs is 2. The predicted molar refractivity (Wildman–Crippen MR) is 140 cm³/mol. The van der Waals surface area contributed by atoms with E-state index in [-0.39, 0.29) is 22.6 Å². The van der Waals surface area contributed by atoms with E-state index in [2.05, 4.69) is 0 Å². The molecule has 0 aliphatic carbocycles. The van der Waals surface area contributed by atoms with Crippen molar-refractivity contribution < 1.29 is 19.8 Å². The van der Waals surface area contributed by atoms with Crippen molar-refractivity contribution in [2.75, 3.05) is 0 Å². The van der Waals surface area contributed by atoms with Gasteiger partial charge in [-0.3, -0.25) is 9.59 Å². The van der Waals surface area contributed by atoms with Gasteiger partial charge in [-0.1, -0.05) is 108 Å². The van der Waals surface area contributed by atoms with Crippen molar-refractivity contribution in [3.8, 4) is 23.6 Å². The third kappa shape index (κ3) is 4.08. The maximum absolute atomic E-state index is 12.9. The Hall–Kier alpha value is -3.54. The first-order valence-electron chi connectivity index (χ1n) is 10.3. The van der Waals surface area contributed by atoms with Crippen LogP contribution in [0.5, 0.6) is 11.5 Å². The van der Waals surface area contributed by atoms with E-state index in [0.717, 1.165) is 47.0 Å². The Morgan fingerprint density at radius 1 is 0.583 bits per heavy atom. The Morgan fingerprint density at radius 2 is 0.889 bits per heavy atom. The summed E-state index contributed by atoms with van der Waals surface area (Å²) in [6, 6.07) is 20.8. The van der Waals surface area contributed by atoms with E-state index in [1.54, 1.807) is 60.7 Å². The zero-order valence-electron chi connectivity index (χ0n) is 18.0. The highest BCUT2D eigenvalue weighted by atomic mass is 32.2. The largest absolute Gasteiger partial charge is 0.505 e. The molecule has 0 saturated heterocycles. The van der Waals surface area contributed by atoms with Crippen LogP contribution in [0.3, 0.4) is 0 Å². The second-order valence-electron chi connectivity index (χ2n) is 7.36. The van der Waals surface area contributed by atoms with Crippen LogP contribution in [0.2, 0.25) is 0 Å². The summed E-state index contributed by atoms with van der Waals surface area (Å²) < 4.78 is 0.719. The van der Waals surface area contributed by atoms with Crippen molar-refractivity contribution in [1.29, 1.82) is 10.5 Å². The lowest BCUT2D eigenvalue weighted by Crippen LogP contribution is -2.02. The number of benzene rings is 3. The molecule has 3 aromatic carbocycles. The number of hydrogen-bond donors (Lipinski definition) is 2. The molecule has 0 amide bonds. The van der Waals surface area contributed by atoms with Gasteiger partial charge in [-0.05, 0) is 0 Å². The normalized spacial score (nSPS) is 13.4. The van der Waals surface area contributed by atoms with Gasteiger partial charge in [-0.25, -0.2) is 0 Å². The van der Waals surface area contributed by atoms with Crippen molar-refractivity contribution >= 4 is 58.6 Å². The van der Waals surface area contributed by atoms with Crippen LogP contribution in [0.25, 0.3) is 0 Å². The molecule has 2 heterocycles. The van der Waals surface area contributed by atoms with E-state index < -0.39 is 11.6 Å². The zero-order chi connectivity index (χ0) is 25.4. The van der Waals surface area contributed by atoms with Gasteiger partial charge in [0, 0.05) is 11.1 Å². The Labute approximate surface area is 222 Å². The van der Waals surface area contributed by atoms with Crippen molar-refractivity contribution in [3.05, 3.63) is 91.4 Å². The van der Waals surface area contributed by atoms with Crippen molar-refractivity contribution in [3.63, 3.8) is 0 Å². The molecule has 0 atom stereocenters. The molecule has 0 radical (unpaired) electrons. The summed E-state index contributed by atoms with van der Waals surface area (Å²) in [7, 11) is 0. The molecule has 5 rings (SSSR count). The molecule has 0 unspecified atom stereocenters. The number of nitriles is 2. The standard InChI is InChI=1S/C26H12N2O4S4/c27-11-15(17(29)13-7-3-1-4-8-13)25-33-21-19(31)23-24(20(32)22(21)34-25)36-26(35-23)16(12-28)18(30)14-9-5-2-6-10-14/h1-10,31-32H. The lowest BCUT2D eigenvalue weighted by Gasteiger charge is -2.08. The van der Waals surface area contributed by atoms with Crippen LogP contribution in [0.1, 0.15) is 20.7 Å². The maximum Gasteiger partial charge on any atom is 0.205 e. The third-order valence-electron chi connectivity index (χ3n) is 5.21. The number of hydrogen-bond acceptors (Lipinski definition) is 10. The summed E-state index contributed by atoms with van der Waals surface area (Å²) in [6.07, 6.45) is 0. The Bertz CT molecular complexity index is 1440. The summed E-state index contributed by atoms with van der Waals surface area (Å²) in [5.41, 5.74) is 0.574. The predicted octanol–water partition coefficient (Wildman–Crippen LogP) is 6.73. The van der Waals surface area contributed by atoms with Gasteiger partial charge in [0.05, 0.1) is 28.1 Å². The molecule has 2 N–H and O–H groups in total. The summed E-state index contributed by atoms with van der Waals surface area (Å²) >= 11 is 4.14. The van der Waals surface area contributed by atoms with Gasteiger partial charge >= 0.3 is 0 Å². The molecule has 0 fully saturated rings. The highest BCUT2D eigenvalue weighted by molar-refractivity contribution is 8.26. The topological polar surface area (TPSA) is 122 Å². The first-order valence-corrected chi connectivity index (χ1v) is 13.5. The van der Waals surface area contributed by atoms with Crippen LogP contribution in [-0.2, 0) is 0 Å². The van der Waals surface area contributed by atoms with E-state index >= 15 is 0 Å². The van der Waals surface area contributed by atoms with Gasteiger partial charge in [-0.15, -0.1) is 0 Å². The fraction of sp³-hybridized carbons (Fsp3) is 0. The minimum absolute atomic E-state index is 0.0764. The molecule has 2 aliphatic rings. The summed E-state index contributed by atoms with van der Waals surface area (Å²) in [6.45, 7) is 0. The average Bonchev–Trinajstić information content (AvgIpc) is 3.55. The number of ketones is 2. The second kappa shape index (κ2) is 9.84. The fourth-order valence-electron chi connectivity index (χ4n) is 3.48. The quantitative estimate of drug-likeness (QED) is 0.158.